The van der Waals surface area contributed by atoms with Gasteiger partial charge in [0.1, 0.15) is 11.6 Å². The van der Waals surface area contributed by atoms with Gasteiger partial charge in [-0.1, -0.05) is 0 Å². The van der Waals surface area contributed by atoms with E-state index in [9.17, 15) is 13.6 Å². The van der Waals surface area contributed by atoms with Crippen LogP contribution < -0.4 is 10.6 Å². The van der Waals surface area contributed by atoms with Crippen LogP contribution in [0.2, 0.25) is 0 Å². The lowest BCUT2D eigenvalue weighted by molar-refractivity contribution is 0.252. The van der Waals surface area contributed by atoms with E-state index in [-0.39, 0.29) is 17.7 Å². The molecule has 0 aromatic heterocycles. The highest BCUT2D eigenvalue weighted by molar-refractivity contribution is 7.99. The first kappa shape index (κ1) is 16.3. The summed E-state index contributed by atoms with van der Waals surface area (Å²) in [5, 5.41) is 5.34. The lowest BCUT2D eigenvalue weighted by Crippen LogP contribution is -2.29. The van der Waals surface area contributed by atoms with Crippen molar-refractivity contribution < 1.29 is 13.6 Å². The zero-order valence-corrected chi connectivity index (χ0v) is 12.6. The van der Waals surface area contributed by atoms with Gasteiger partial charge in [0.2, 0.25) is 0 Å². The van der Waals surface area contributed by atoms with Gasteiger partial charge in [0.15, 0.2) is 0 Å². The normalized spacial score (nSPS) is 10.3. The molecule has 0 radical (unpaired) electrons. The van der Waals surface area contributed by atoms with E-state index in [1.165, 1.54) is 36.4 Å². The maximum absolute atomic E-state index is 12.7. The molecule has 0 saturated heterocycles. The Balaban J connectivity index is 1.61. The number of thioether (sulfide) groups is 1. The fourth-order valence-electron chi connectivity index (χ4n) is 1.70. The first-order chi connectivity index (χ1) is 10.6. The Morgan fingerprint density at radius 3 is 2.18 bits per heavy atom. The molecule has 2 rings (SSSR count). The van der Waals surface area contributed by atoms with E-state index in [1.54, 1.807) is 23.9 Å². The Labute approximate surface area is 132 Å². The van der Waals surface area contributed by atoms with E-state index in [4.69, 9.17) is 0 Å². The molecular formula is C16H16F2N2OS. The Morgan fingerprint density at radius 2 is 1.55 bits per heavy atom. The highest BCUT2D eigenvalue weighted by Crippen LogP contribution is 2.18. The van der Waals surface area contributed by atoms with E-state index in [0.717, 1.165) is 17.1 Å². The molecule has 0 aliphatic rings. The molecular weight excluding hydrogens is 306 g/mol. The SMILES string of the molecule is O=C(NCCCSc1ccc(F)cc1)Nc1ccc(F)cc1. The van der Waals surface area contributed by atoms with Gasteiger partial charge >= 0.3 is 6.03 Å². The maximum Gasteiger partial charge on any atom is 0.319 e. The predicted octanol–water partition coefficient (Wildman–Crippen LogP) is 4.27. The first-order valence-corrected chi connectivity index (χ1v) is 7.81. The molecule has 0 atom stereocenters. The minimum absolute atomic E-state index is 0.247. The van der Waals surface area contributed by atoms with Crippen LogP contribution in [0.25, 0.3) is 0 Å². The molecule has 2 amide bonds. The number of carbonyl (C=O) groups excluding carboxylic acids is 1. The number of carbonyl (C=O) groups is 1. The minimum atomic E-state index is -0.344. The van der Waals surface area contributed by atoms with Gasteiger partial charge in [-0.2, -0.15) is 0 Å². The van der Waals surface area contributed by atoms with E-state index in [1.807, 2.05) is 0 Å². The number of urea groups is 1. The summed E-state index contributed by atoms with van der Waals surface area (Å²) in [6, 6.07) is 11.6. The molecule has 0 bridgehead atoms. The van der Waals surface area contributed by atoms with Crippen molar-refractivity contribution in [3.05, 3.63) is 60.2 Å². The van der Waals surface area contributed by atoms with Crippen molar-refractivity contribution in [3.8, 4) is 0 Å². The molecule has 6 heteroatoms. The number of amides is 2. The predicted molar refractivity (Wildman–Crippen MR) is 85.2 cm³/mol. The summed E-state index contributed by atoms with van der Waals surface area (Å²) < 4.78 is 25.5. The molecule has 2 N–H and O–H groups in total. The molecule has 0 fully saturated rings. The molecule has 0 unspecified atom stereocenters. The summed E-state index contributed by atoms with van der Waals surface area (Å²) in [6.45, 7) is 0.529. The number of rotatable bonds is 6. The summed E-state index contributed by atoms with van der Waals surface area (Å²) in [5.41, 5.74) is 0.541. The Morgan fingerprint density at radius 1 is 0.955 bits per heavy atom. The summed E-state index contributed by atoms with van der Waals surface area (Å²) in [7, 11) is 0. The Kier molecular flexibility index (Phi) is 6.21. The largest absolute Gasteiger partial charge is 0.338 e. The second kappa shape index (κ2) is 8.38. The summed E-state index contributed by atoms with van der Waals surface area (Å²) in [4.78, 5) is 12.6. The molecule has 2 aromatic carbocycles. The fraction of sp³-hybridized carbons (Fsp3) is 0.188. The van der Waals surface area contributed by atoms with E-state index in [2.05, 4.69) is 10.6 Å². The van der Waals surface area contributed by atoms with Crippen LogP contribution in [0.1, 0.15) is 6.42 Å². The van der Waals surface area contributed by atoms with Gasteiger partial charge in [-0.25, -0.2) is 13.6 Å². The van der Waals surface area contributed by atoms with E-state index < -0.39 is 0 Å². The molecule has 0 spiro atoms. The molecule has 116 valence electrons. The van der Waals surface area contributed by atoms with Gasteiger partial charge in [-0.15, -0.1) is 11.8 Å². The van der Waals surface area contributed by atoms with Gasteiger partial charge in [0.05, 0.1) is 0 Å². The van der Waals surface area contributed by atoms with Crippen molar-refractivity contribution in [2.24, 2.45) is 0 Å². The van der Waals surface area contributed by atoms with Crippen molar-refractivity contribution in [1.82, 2.24) is 5.32 Å². The van der Waals surface area contributed by atoms with Crippen LogP contribution in [0.3, 0.4) is 0 Å². The van der Waals surface area contributed by atoms with E-state index >= 15 is 0 Å². The van der Waals surface area contributed by atoms with Crippen LogP contribution in [0.4, 0.5) is 19.3 Å². The van der Waals surface area contributed by atoms with Crippen molar-refractivity contribution in [2.75, 3.05) is 17.6 Å². The van der Waals surface area contributed by atoms with Gasteiger partial charge in [0.25, 0.3) is 0 Å². The number of benzene rings is 2. The summed E-state index contributed by atoms with van der Waals surface area (Å²) in [5.74, 6) is 0.231. The van der Waals surface area contributed by atoms with Crippen LogP contribution in [-0.2, 0) is 0 Å². The van der Waals surface area contributed by atoms with Crippen LogP contribution in [0.5, 0.6) is 0 Å². The molecule has 0 aliphatic carbocycles. The standard InChI is InChI=1S/C16H16F2N2OS/c17-12-2-6-14(7-3-12)20-16(21)19-10-1-11-22-15-8-4-13(18)5-9-15/h2-9H,1,10-11H2,(H2,19,20,21). The monoisotopic (exact) mass is 322 g/mol. The molecule has 0 saturated carbocycles. The lowest BCUT2D eigenvalue weighted by Gasteiger charge is -2.07. The zero-order valence-electron chi connectivity index (χ0n) is 11.8. The molecule has 0 heterocycles. The number of hydrogen-bond donors (Lipinski definition) is 2. The topological polar surface area (TPSA) is 41.1 Å². The molecule has 3 nitrogen and oxygen atoms in total. The smallest absolute Gasteiger partial charge is 0.319 e. The quantitative estimate of drug-likeness (QED) is 0.616. The lowest BCUT2D eigenvalue weighted by atomic mass is 10.3. The summed E-state index contributed by atoms with van der Waals surface area (Å²) in [6.07, 6.45) is 0.791. The second-order valence-corrected chi connectivity index (χ2v) is 5.71. The molecule has 2 aromatic rings. The average Bonchev–Trinajstić information content (AvgIpc) is 2.51. The van der Waals surface area contributed by atoms with Crippen LogP contribution in [0.15, 0.2) is 53.4 Å². The average molecular weight is 322 g/mol. The van der Waals surface area contributed by atoms with Crippen molar-refractivity contribution in [2.45, 2.75) is 11.3 Å². The zero-order chi connectivity index (χ0) is 15.8. The van der Waals surface area contributed by atoms with Gasteiger partial charge < -0.3 is 10.6 Å². The Hall–Kier alpha value is -2.08. The fourth-order valence-corrected chi connectivity index (χ4v) is 2.56. The maximum atomic E-state index is 12.7. The third-order valence-corrected chi connectivity index (χ3v) is 3.89. The highest BCUT2D eigenvalue weighted by atomic mass is 32.2. The number of nitrogens with one attached hydrogen (secondary N) is 2. The van der Waals surface area contributed by atoms with Crippen LogP contribution in [-0.4, -0.2) is 18.3 Å². The van der Waals surface area contributed by atoms with Gasteiger partial charge in [-0.3, -0.25) is 0 Å². The van der Waals surface area contributed by atoms with Gasteiger partial charge in [0, 0.05) is 17.1 Å². The number of anilines is 1. The Bertz CT molecular complexity index is 603. The van der Waals surface area contributed by atoms with Crippen molar-refractivity contribution in [1.29, 1.82) is 0 Å². The third-order valence-electron chi connectivity index (χ3n) is 2.79. The number of hydrogen-bond acceptors (Lipinski definition) is 2. The van der Waals surface area contributed by atoms with Crippen molar-refractivity contribution in [3.63, 3.8) is 0 Å². The second-order valence-electron chi connectivity index (χ2n) is 4.54. The van der Waals surface area contributed by atoms with Crippen LogP contribution >= 0.6 is 11.8 Å². The molecule has 22 heavy (non-hydrogen) atoms. The summed E-state index contributed by atoms with van der Waals surface area (Å²) >= 11 is 1.61. The number of halogens is 2. The van der Waals surface area contributed by atoms with E-state index in [0.29, 0.717) is 12.2 Å². The molecule has 0 aliphatic heterocycles. The van der Waals surface area contributed by atoms with Crippen molar-refractivity contribution >= 4 is 23.5 Å². The first-order valence-electron chi connectivity index (χ1n) is 6.82. The third kappa shape index (κ3) is 5.73. The highest BCUT2D eigenvalue weighted by Gasteiger charge is 2.01. The van der Waals surface area contributed by atoms with Crippen LogP contribution in [0, 0.1) is 11.6 Å². The van der Waals surface area contributed by atoms with Gasteiger partial charge in [-0.05, 0) is 60.7 Å². The minimum Gasteiger partial charge on any atom is -0.338 e.